The van der Waals surface area contributed by atoms with Gasteiger partial charge in [0.15, 0.2) is 0 Å². The molecule has 1 aromatic carbocycles. The summed E-state index contributed by atoms with van der Waals surface area (Å²) in [6.07, 6.45) is 5.63. The van der Waals surface area contributed by atoms with Crippen LogP contribution in [0.3, 0.4) is 0 Å². The van der Waals surface area contributed by atoms with Gasteiger partial charge in [0.1, 0.15) is 0 Å². The van der Waals surface area contributed by atoms with Crippen molar-refractivity contribution in [3.63, 3.8) is 0 Å². The van der Waals surface area contributed by atoms with Gasteiger partial charge < -0.3 is 0 Å². The van der Waals surface area contributed by atoms with Gasteiger partial charge in [-0.1, -0.05) is 12.1 Å². The summed E-state index contributed by atoms with van der Waals surface area (Å²) in [5.41, 5.74) is 0.409. The Morgan fingerprint density at radius 3 is 2.14 bits per heavy atom. The molecule has 115 valence electrons. The lowest BCUT2D eigenvalue weighted by Gasteiger charge is -2.48. The lowest BCUT2D eigenvalue weighted by Crippen LogP contribution is -2.59. The summed E-state index contributed by atoms with van der Waals surface area (Å²) >= 11 is 1.74. The highest BCUT2D eigenvalue weighted by atomic mass is 32.2. The van der Waals surface area contributed by atoms with Crippen LogP contribution in [-0.4, -0.2) is 34.7 Å². The average Bonchev–Trinajstić information content (AvgIpc) is 2.42. The Labute approximate surface area is 132 Å². The predicted octanol–water partition coefficient (Wildman–Crippen LogP) is 4.19. The molecule has 1 radical (unpaired) electrons. The maximum absolute atomic E-state index is 12.3. The smallest absolute Gasteiger partial charge is 0.0536 e. The molecule has 0 aliphatic carbocycles. The second-order valence-electron chi connectivity index (χ2n) is 7.03. The van der Waals surface area contributed by atoms with Crippen molar-refractivity contribution in [2.24, 2.45) is 4.99 Å². The van der Waals surface area contributed by atoms with Crippen LogP contribution in [0.25, 0.3) is 0 Å². The molecule has 1 aliphatic heterocycles. The standard InChI is InChI=1S/C17H25N2OS/c1-16(2)10-14(11-17(3,4)19(16)20)18-12-13-6-8-15(21-5)9-7-13/h6-9,12,14H,10-11H2,1-5H3. The fraction of sp³-hybridized carbons (Fsp3) is 0.588. The predicted molar refractivity (Wildman–Crippen MR) is 89.5 cm³/mol. The van der Waals surface area contributed by atoms with Crippen molar-refractivity contribution in [2.45, 2.75) is 62.6 Å². The molecule has 3 nitrogen and oxygen atoms in total. The SMILES string of the molecule is CSc1ccc(C=NC2CC(C)(C)N([O])C(C)(C)C2)cc1. The highest BCUT2D eigenvalue weighted by Crippen LogP contribution is 2.38. The van der Waals surface area contributed by atoms with Crippen molar-refractivity contribution < 1.29 is 5.21 Å². The molecule has 0 spiro atoms. The molecule has 0 saturated carbocycles. The molecule has 21 heavy (non-hydrogen) atoms. The van der Waals surface area contributed by atoms with Crippen LogP contribution in [0.15, 0.2) is 34.2 Å². The summed E-state index contributed by atoms with van der Waals surface area (Å²) in [4.78, 5) is 6.00. The third-order valence-corrected chi connectivity index (χ3v) is 4.86. The van der Waals surface area contributed by atoms with Gasteiger partial charge >= 0.3 is 0 Å². The summed E-state index contributed by atoms with van der Waals surface area (Å²) in [6.45, 7) is 8.04. The highest BCUT2D eigenvalue weighted by molar-refractivity contribution is 7.98. The Morgan fingerprint density at radius 1 is 1.14 bits per heavy atom. The quantitative estimate of drug-likeness (QED) is 0.620. The number of thioether (sulfide) groups is 1. The van der Waals surface area contributed by atoms with Gasteiger partial charge in [-0.25, -0.2) is 0 Å². The Kier molecular flexibility index (Phi) is 4.81. The first-order chi connectivity index (χ1) is 9.74. The number of rotatable bonds is 3. The minimum atomic E-state index is -0.355. The zero-order valence-electron chi connectivity index (χ0n) is 13.6. The number of benzene rings is 1. The van der Waals surface area contributed by atoms with Gasteiger partial charge in [0.05, 0.1) is 6.04 Å². The van der Waals surface area contributed by atoms with Crippen molar-refractivity contribution in [3.8, 4) is 0 Å². The molecule has 0 aromatic heterocycles. The molecule has 0 bridgehead atoms. The molecule has 0 atom stereocenters. The molecule has 2 rings (SSSR count). The zero-order valence-corrected chi connectivity index (χ0v) is 14.4. The van der Waals surface area contributed by atoms with E-state index in [2.05, 4.69) is 30.5 Å². The fourth-order valence-corrected chi connectivity index (χ4v) is 3.61. The molecule has 4 heteroatoms. The lowest BCUT2D eigenvalue weighted by molar-refractivity contribution is -0.288. The number of hydroxylamine groups is 2. The molecule has 0 N–H and O–H groups in total. The second kappa shape index (κ2) is 6.11. The van der Waals surface area contributed by atoms with E-state index in [1.165, 1.54) is 9.96 Å². The third kappa shape index (κ3) is 3.87. The zero-order chi connectivity index (χ0) is 15.7. The van der Waals surface area contributed by atoms with Crippen molar-refractivity contribution in [3.05, 3.63) is 29.8 Å². The summed E-state index contributed by atoms with van der Waals surface area (Å²) in [6, 6.07) is 8.61. The Balaban J connectivity index is 2.10. The van der Waals surface area contributed by atoms with Crippen LogP contribution in [0, 0.1) is 0 Å². The number of aliphatic imine (C=N–C) groups is 1. The first kappa shape index (κ1) is 16.5. The van der Waals surface area contributed by atoms with Crippen molar-refractivity contribution in [1.82, 2.24) is 5.06 Å². The maximum atomic E-state index is 12.3. The summed E-state index contributed by atoms with van der Waals surface area (Å²) in [5, 5.41) is 13.6. The van der Waals surface area contributed by atoms with E-state index in [9.17, 15) is 5.21 Å². The summed E-state index contributed by atoms with van der Waals surface area (Å²) in [5.74, 6) is 0. The maximum Gasteiger partial charge on any atom is 0.0536 e. The van der Waals surface area contributed by atoms with Gasteiger partial charge in [-0.2, -0.15) is 0 Å². The van der Waals surface area contributed by atoms with Crippen molar-refractivity contribution >= 4 is 18.0 Å². The number of piperidine rings is 1. The molecule has 1 aliphatic rings. The molecule has 1 aromatic rings. The normalized spacial score (nSPS) is 22.8. The first-order valence-electron chi connectivity index (χ1n) is 7.39. The molecular weight excluding hydrogens is 280 g/mol. The molecule has 0 amide bonds. The second-order valence-corrected chi connectivity index (χ2v) is 7.91. The highest BCUT2D eigenvalue weighted by Gasteiger charge is 2.45. The van der Waals surface area contributed by atoms with E-state index in [0.717, 1.165) is 18.4 Å². The number of nitrogens with zero attached hydrogens (tertiary/aromatic N) is 2. The molecule has 1 fully saturated rings. The Bertz CT molecular complexity index is 490. The topological polar surface area (TPSA) is 35.5 Å². The molecule has 1 saturated heterocycles. The lowest BCUT2D eigenvalue weighted by atomic mass is 9.79. The van der Waals surface area contributed by atoms with Crippen LogP contribution in [0.4, 0.5) is 0 Å². The van der Waals surface area contributed by atoms with E-state index >= 15 is 0 Å². The van der Waals surface area contributed by atoms with Crippen LogP contribution in [0.2, 0.25) is 0 Å². The number of hydrogen-bond acceptors (Lipinski definition) is 3. The van der Waals surface area contributed by atoms with E-state index in [0.29, 0.717) is 0 Å². The van der Waals surface area contributed by atoms with Crippen LogP contribution in [0.5, 0.6) is 0 Å². The minimum absolute atomic E-state index is 0.209. The van der Waals surface area contributed by atoms with E-state index in [4.69, 9.17) is 4.99 Å². The van der Waals surface area contributed by atoms with Gasteiger partial charge in [-0.15, -0.1) is 22.0 Å². The monoisotopic (exact) mass is 305 g/mol. The third-order valence-electron chi connectivity index (χ3n) is 4.12. The molecular formula is C17H25N2OS. The molecule has 1 heterocycles. The van der Waals surface area contributed by atoms with Crippen LogP contribution < -0.4 is 0 Å². The van der Waals surface area contributed by atoms with Crippen LogP contribution in [-0.2, 0) is 5.21 Å². The van der Waals surface area contributed by atoms with E-state index in [1.807, 2.05) is 33.9 Å². The van der Waals surface area contributed by atoms with Crippen molar-refractivity contribution in [2.75, 3.05) is 6.26 Å². The van der Waals surface area contributed by atoms with E-state index in [-0.39, 0.29) is 17.1 Å². The fourth-order valence-electron chi connectivity index (χ4n) is 3.20. The molecule has 0 unspecified atom stereocenters. The summed E-state index contributed by atoms with van der Waals surface area (Å²) in [7, 11) is 0. The van der Waals surface area contributed by atoms with Gasteiger partial charge in [0.2, 0.25) is 0 Å². The minimum Gasteiger partial charge on any atom is -0.289 e. The number of hydrogen-bond donors (Lipinski definition) is 0. The van der Waals surface area contributed by atoms with Gasteiger partial charge in [0.25, 0.3) is 0 Å². The average molecular weight is 305 g/mol. The Morgan fingerprint density at radius 2 is 1.67 bits per heavy atom. The van der Waals surface area contributed by atoms with Gasteiger partial charge in [-0.05, 0) is 64.5 Å². The van der Waals surface area contributed by atoms with Gasteiger partial charge in [0, 0.05) is 22.2 Å². The van der Waals surface area contributed by atoms with Gasteiger partial charge in [-0.3, -0.25) is 4.99 Å². The first-order valence-corrected chi connectivity index (χ1v) is 8.62. The summed E-state index contributed by atoms with van der Waals surface area (Å²) < 4.78 is 0. The van der Waals surface area contributed by atoms with E-state index in [1.54, 1.807) is 11.8 Å². The Hall–Kier alpha value is -0.840. The largest absolute Gasteiger partial charge is 0.289 e. The van der Waals surface area contributed by atoms with Crippen LogP contribution in [0.1, 0.15) is 46.1 Å². The van der Waals surface area contributed by atoms with E-state index < -0.39 is 0 Å². The van der Waals surface area contributed by atoms with Crippen molar-refractivity contribution in [1.29, 1.82) is 0 Å². The van der Waals surface area contributed by atoms with Crippen LogP contribution >= 0.6 is 11.8 Å².